The van der Waals surface area contributed by atoms with E-state index in [0.29, 0.717) is 39.2 Å². The Morgan fingerprint density at radius 1 is 1.19 bits per heavy atom. The summed E-state index contributed by atoms with van der Waals surface area (Å²) in [7, 11) is 0. The molecule has 138 valence electrons. The minimum atomic E-state index is -0.526. The van der Waals surface area contributed by atoms with Crippen LogP contribution in [-0.4, -0.2) is 32.3 Å². The van der Waals surface area contributed by atoms with E-state index < -0.39 is 5.41 Å². The molecular formula is C21H24BrNO3. The number of carbonyl (C=O) groups excluding carboxylic acids is 1. The molecule has 1 fully saturated rings. The van der Waals surface area contributed by atoms with Crippen molar-refractivity contribution in [2.45, 2.75) is 25.2 Å². The lowest BCUT2D eigenvalue weighted by molar-refractivity contribution is -0.130. The first-order valence-corrected chi connectivity index (χ1v) is 9.71. The fourth-order valence-corrected chi connectivity index (χ4v) is 3.61. The Labute approximate surface area is 163 Å². The number of ether oxygens (including phenoxy) is 2. The molecule has 0 saturated carbocycles. The van der Waals surface area contributed by atoms with Gasteiger partial charge in [-0.3, -0.25) is 4.79 Å². The highest BCUT2D eigenvalue weighted by Crippen LogP contribution is 2.35. The molecule has 0 aromatic heterocycles. The van der Waals surface area contributed by atoms with Gasteiger partial charge in [0, 0.05) is 17.7 Å². The number of benzene rings is 2. The molecule has 2 aromatic carbocycles. The molecule has 0 spiro atoms. The predicted molar refractivity (Wildman–Crippen MR) is 106 cm³/mol. The third-order valence-corrected chi connectivity index (χ3v) is 5.35. The van der Waals surface area contributed by atoms with Gasteiger partial charge < -0.3 is 14.8 Å². The Morgan fingerprint density at radius 2 is 1.92 bits per heavy atom. The monoisotopic (exact) mass is 417 g/mol. The summed E-state index contributed by atoms with van der Waals surface area (Å²) in [5.41, 5.74) is 1.67. The zero-order chi connectivity index (χ0) is 18.4. The van der Waals surface area contributed by atoms with Crippen LogP contribution >= 0.6 is 15.9 Å². The van der Waals surface area contributed by atoms with Crippen molar-refractivity contribution in [1.82, 2.24) is 5.32 Å². The normalized spacial score (nSPS) is 16.1. The van der Waals surface area contributed by atoms with Crippen molar-refractivity contribution < 1.29 is 14.3 Å². The Balaban J connectivity index is 1.62. The smallest absolute Gasteiger partial charge is 0.230 e. The quantitative estimate of drug-likeness (QED) is 0.722. The maximum absolute atomic E-state index is 13.0. The van der Waals surface area contributed by atoms with Crippen LogP contribution < -0.4 is 10.1 Å². The predicted octanol–water partition coefficient (Wildman–Crippen LogP) is 4.00. The highest BCUT2D eigenvalue weighted by molar-refractivity contribution is 9.10. The summed E-state index contributed by atoms with van der Waals surface area (Å²) >= 11 is 3.46. The summed E-state index contributed by atoms with van der Waals surface area (Å²) in [6.45, 7) is 4.16. The molecule has 1 aliphatic rings. The van der Waals surface area contributed by atoms with Crippen LogP contribution in [0.4, 0.5) is 0 Å². The number of nitrogens with one attached hydrogen (secondary N) is 1. The summed E-state index contributed by atoms with van der Waals surface area (Å²) in [6, 6.07) is 15.9. The maximum Gasteiger partial charge on any atom is 0.230 e. The number of carbonyl (C=O) groups is 1. The van der Waals surface area contributed by atoms with Gasteiger partial charge in [0.1, 0.15) is 12.4 Å². The van der Waals surface area contributed by atoms with Gasteiger partial charge in [-0.2, -0.15) is 0 Å². The average Bonchev–Trinajstić information content (AvgIpc) is 2.66. The number of halogens is 1. The van der Waals surface area contributed by atoms with Gasteiger partial charge in [0.2, 0.25) is 5.91 Å². The van der Waals surface area contributed by atoms with Gasteiger partial charge in [-0.05, 0) is 55.2 Å². The number of hydrogen-bond donors (Lipinski definition) is 1. The third kappa shape index (κ3) is 4.46. The minimum absolute atomic E-state index is 0.0518. The lowest BCUT2D eigenvalue weighted by Crippen LogP contribution is -2.48. The van der Waals surface area contributed by atoms with Crippen LogP contribution in [0.1, 0.15) is 24.0 Å². The molecule has 1 amide bonds. The molecular weight excluding hydrogens is 394 g/mol. The summed E-state index contributed by atoms with van der Waals surface area (Å²) < 4.78 is 12.2. The highest BCUT2D eigenvalue weighted by Gasteiger charge is 2.41. The molecule has 0 aliphatic carbocycles. The first-order chi connectivity index (χ1) is 12.6. The molecule has 3 rings (SSSR count). The Bertz CT molecular complexity index is 739. The molecule has 0 radical (unpaired) electrons. The molecule has 1 heterocycles. The molecule has 5 heteroatoms. The van der Waals surface area contributed by atoms with Gasteiger partial charge in [0.25, 0.3) is 0 Å². The third-order valence-electron chi connectivity index (χ3n) is 4.82. The molecule has 0 atom stereocenters. The summed E-state index contributed by atoms with van der Waals surface area (Å²) in [6.07, 6.45) is 1.39. The maximum atomic E-state index is 13.0. The van der Waals surface area contributed by atoms with Crippen molar-refractivity contribution in [2.24, 2.45) is 0 Å². The largest absolute Gasteiger partial charge is 0.492 e. The number of rotatable bonds is 6. The standard InChI is InChI=1S/C21H24BrNO3/c1-16-3-2-4-19(15-16)26-14-11-23-20(24)21(9-12-25-13-10-21)17-5-7-18(22)8-6-17/h2-8,15H,9-14H2,1H3,(H,23,24). The number of aryl methyl sites for hydroxylation is 1. The molecule has 1 N–H and O–H groups in total. The summed E-state index contributed by atoms with van der Waals surface area (Å²) in [5, 5.41) is 3.06. The van der Waals surface area contributed by atoms with Gasteiger partial charge in [-0.1, -0.05) is 40.2 Å². The molecule has 1 aliphatic heterocycles. The van der Waals surface area contributed by atoms with E-state index in [1.54, 1.807) is 0 Å². The van der Waals surface area contributed by atoms with Crippen LogP contribution in [0.5, 0.6) is 5.75 Å². The van der Waals surface area contributed by atoms with Gasteiger partial charge in [-0.15, -0.1) is 0 Å². The lowest BCUT2D eigenvalue weighted by Gasteiger charge is -2.36. The second-order valence-electron chi connectivity index (χ2n) is 6.62. The van der Waals surface area contributed by atoms with Crippen LogP contribution in [0.15, 0.2) is 53.0 Å². The number of amides is 1. The van der Waals surface area contributed by atoms with E-state index in [-0.39, 0.29) is 5.91 Å². The van der Waals surface area contributed by atoms with Crippen LogP contribution in [0.3, 0.4) is 0 Å². The van der Waals surface area contributed by atoms with Gasteiger partial charge in [-0.25, -0.2) is 0 Å². The molecule has 0 unspecified atom stereocenters. The second kappa shape index (κ2) is 8.69. The average molecular weight is 418 g/mol. The molecule has 0 bridgehead atoms. The van der Waals surface area contributed by atoms with Crippen LogP contribution in [0, 0.1) is 6.92 Å². The van der Waals surface area contributed by atoms with Gasteiger partial charge in [0.05, 0.1) is 12.0 Å². The van der Waals surface area contributed by atoms with Crippen LogP contribution in [-0.2, 0) is 14.9 Å². The van der Waals surface area contributed by atoms with E-state index in [2.05, 4.69) is 21.2 Å². The zero-order valence-corrected chi connectivity index (χ0v) is 16.6. The van der Waals surface area contributed by atoms with Crippen molar-refractivity contribution >= 4 is 21.8 Å². The molecule has 1 saturated heterocycles. The first-order valence-electron chi connectivity index (χ1n) is 8.92. The summed E-state index contributed by atoms with van der Waals surface area (Å²) in [4.78, 5) is 13.0. The van der Waals surface area contributed by atoms with Crippen LogP contribution in [0.25, 0.3) is 0 Å². The fourth-order valence-electron chi connectivity index (χ4n) is 3.34. The second-order valence-corrected chi connectivity index (χ2v) is 7.54. The lowest BCUT2D eigenvalue weighted by atomic mass is 9.73. The molecule has 26 heavy (non-hydrogen) atoms. The van der Waals surface area contributed by atoms with E-state index in [9.17, 15) is 4.79 Å². The molecule has 4 nitrogen and oxygen atoms in total. The Hall–Kier alpha value is -1.85. The fraction of sp³-hybridized carbons (Fsp3) is 0.381. The van der Waals surface area contributed by atoms with Gasteiger partial charge >= 0.3 is 0 Å². The zero-order valence-electron chi connectivity index (χ0n) is 15.0. The molecule has 2 aromatic rings. The summed E-state index contributed by atoms with van der Waals surface area (Å²) in [5.74, 6) is 0.879. The van der Waals surface area contributed by atoms with E-state index >= 15 is 0 Å². The topological polar surface area (TPSA) is 47.6 Å². The van der Waals surface area contributed by atoms with E-state index in [4.69, 9.17) is 9.47 Å². The van der Waals surface area contributed by atoms with Crippen molar-refractivity contribution in [1.29, 1.82) is 0 Å². The first kappa shape index (κ1) is 18.9. The van der Waals surface area contributed by atoms with Crippen LogP contribution in [0.2, 0.25) is 0 Å². The van der Waals surface area contributed by atoms with E-state index in [1.165, 1.54) is 0 Å². The Morgan fingerprint density at radius 3 is 2.62 bits per heavy atom. The Kier molecular flexibility index (Phi) is 6.33. The van der Waals surface area contributed by atoms with E-state index in [0.717, 1.165) is 21.3 Å². The van der Waals surface area contributed by atoms with Crippen molar-refractivity contribution in [3.63, 3.8) is 0 Å². The SMILES string of the molecule is Cc1cccc(OCCNC(=O)C2(c3ccc(Br)cc3)CCOCC2)c1. The van der Waals surface area contributed by atoms with Crippen molar-refractivity contribution in [2.75, 3.05) is 26.4 Å². The van der Waals surface area contributed by atoms with Gasteiger partial charge in [0.15, 0.2) is 0 Å². The number of hydrogen-bond acceptors (Lipinski definition) is 3. The van der Waals surface area contributed by atoms with Crippen molar-refractivity contribution in [3.8, 4) is 5.75 Å². The van der Waals surface area contributed by atoms with Crippen molar-refractivity contribution in [3.05, 3.63) is 64.1 Å². The highest BCUT2D eigenvalue weighted by atomic mass is 79.9. The van der Waals surface area contributed by atoms with E-state index in [1.807, 2.05) is 55.5 Å². The minimum Gasteiger partial charge on any atom is -0.492 e.